The molecule has 0 radical (unpaired) electrons. The molecule has 0 fully saturated rings. The van der Waals surface area contributed by atoms with E-state index in [4.69, 9.17) is 0 Å². The third-order valence-corrected chi connectivity index (χ3v) is 1.34. The van der Waals surface area contributed by atoms with E-state index in [9.17, 15) is 9.18 Å². The zero-order valence-electron chi connectivity index (χ0n) is 4.95. The Morgan fingerprint density at radius 1 is 1.89 bits per heavy atom. The van der Waals surface area contributed by atoms with E-state index in [1.165, 1.54) is 6.08 Å². The molecule has 0 amide bonds. The summed E-state index contributed by atoms with van der Waals surface area (Å²) in [4.78, 5) is 10.5. The van der Waals surface area contributed by atoms with Crippen LogP contribution in [0.2, 0.25) is 0 Å². The van der Waals surface area contributed by atoms with E-state index in [0.717, 1.165) is 0 Å². The van der Waals surface area contributed by atoms with Gasteiger partial charge in [-0.25, -0.2) is 4.39 Å². The summed E-state index contributed by atoms with van der Waals surface area (Å²) < 4.78 is 11.3. The fraction of sp³-hybridized carbons (Fsp3) is 0.400. The summed E-state index contributed by atoms with van der Waals surface area (Å²) >= 11 is 1.59. The molecule has 0 saturated heterocycles. The number of hydrogen-bond donors (Lipinski definition) is 1. The first-order valence-electron chi connectivity index (χ1n) is 2.38. The van der Waals surface area contributed by atoms with E-state index in [1.807, 2.05) is 0 Å². The Labute approximate surface area is 66.6 Å². The van der Waals surface area contributed by atoms with Crippen LogP contribution in [-0.4, -0.2) is 10.6 Å². The summed E-state index contributed by atoms with van der Waals surface area (Å²) in [7, 11) is 0. The molecule has 0 heterocycles. The van der Waals surface area contributed by atoms with Crippen LogP contribution in [0.1, 0.15) is 6.92 Å². The van der Waals surface area contributed by atoms with Gasteiger partial charge in [0.05, 0.1) is 5.70 Å². The van der Waals surface area contributed by atoms with Crippen molar-refractivity contribution in [1.29, 1.82) is 0 Å². The Hall–Kier alpha value is -0.130. The van der Waals surface area contributed by atoms with E-state index in [1.54, 1.807) is 29.5 Å². The molecule has 0 aromatic carbocycles. The van der Waals surface area contributed by atoms with Crippen LogP contribution in [0, 0.1) is 0 Å². The van der Waals surface area contributed by atoms with Crippen LogP contribution >= 0.6 is 22.6 Å². The van der Waals surface area contributed by atoms with Gasteiger partial charge in [0, 0.05) is 22.6 Å². The van der Waals surface area contributed by atoms with Gasteiger partial charge < -0.3 is 5.32 Å². The molecule has 4 heteroatoms. The van der Waals surface area contributed by atoms with Crippen molar-refractivity contribution in [2.24, 2.45) is 0 Å². The van der Waals surface area contributed by atoms with Crippen LogP contribution in [0.15, 0.2) is 11.8 Å². The topological polar surface area (TPSA) is 29.1 Å². The predicted molar refractivity (Wildman–Crippen MR) is 41.9 cm³/mol. The molecular weight excluding hydrogens is 236 g/mol. The number of hydrogen-bond acceptors (Lipinski definition) is 2. The van der Waals surface area contributed by atoms with Gasteiger partial charge >= 0.3 is 0 Å². The molecule has 0 aliphatic carbocycles. The number of allylic oxidation sites excluding steroid dienone is 2. The lowest BCUT2D eigenvalue weighted by Gasteiger charge is -1.98. The number of nitrogens with one attached hydrogen (secondary N) is 1. The third-order valence-electron chi connectivity index (χ3n) is 0.758. The van der Waals surface area contributed by atoms with E-state index in [-0.39, 0.29) is 3.79 Å². The first kappa shape index (κ1) is 8.87. The monoisotopic (exact) mass is 243 g/mol. The van der Waals surface area contributed by atoms with Crippen molar-refractivity contribution in [1.82, 2.24) is 5.32 Å². The van der Waals surface area contributed by atoms with Gasteiger partial charge in [0.25, 0.3) is 0 Å². The van der Waals surface area contributed by atoms with Gasteiger partial charge in [0.1, 0.15) is 0 Å². The lowest BCUT2D eigenvalue weighted by Crippen LogP contribution is -2.15. The molecule has 0 aliphatic rings. The van der Waals surface area contributed by atoms with E-state index >= 15 is 0 Å². The number of carbonyl (C=O) groups excluding carboxylic acids is 1. The number of rotatable bonds is 3. The van der Waals surface area contributed by atoms with Crippen molar-refractivity contribution >= 4 is 26.4 Å². The molecule has 0 bridgehead atoms. The number of halogens is 2. The van der Waals surface area contributed by atoms with Crippen LogP contribution < -0.4 is 5.32 Å². The summed E-state index contributed by atoms with van der Waals surface area (Å²) in [6.45, 7) is 0.975. The minimum atomic E-state index is -0.700. The molecule has 0 aromatic rings. The van der Waals surface area contributed by atoms with Crippen molar-refractivity contribution in [2.45, 2.75) is 6.92 Å². The summed E-state index contributed by atoms with van der Waals surface area (Å²) in [5.41, 5.74) is 0.318. The molecule has 0 atom stereocenters. The lowest BCUT2D eigenvalue weighted by molar-refractivity contribution is -0.106. The highest BCUT2D eigenvalue weighted by molar-refractivity contribution is 14.1. The van der Waals surface area contributed by atoms with Gasteiger partial charge in [-0.1, -0.05) is 6.08 Å². The lowest BCUT2D eigenvalue weighted by atomic mass is 10.4. The van der Waals surface area contributed by atoms with Crippen molar-refractivity contribution in [3.8, 4) is 0 Å². The van der Waals surface area contributed by atoms with E-state index in [2.05, 4.69) is 5.32 Å². The molecule has 9 heavy (non-hydrogen) atoms. The Balaban J connectivity index is 3.85. The smallest absolute Gasteiger partial charge is 0.237 e. The molecule has 0 aromatic heterocycles. The minimum absolute atomic E-state index is 0.173. The first-order chi connectivity index (χ1) is 4.22. The Bertz CT molecular complexity index is 135. The second-order valence-corrected chi connectivity index (χ2v) is 2.27. The van der Waals surface area contributed by atoms with Crippen LogP contribution in [0.4, 0.5) is 4.39 Å². The summed E-state index contributed by atoms with van der Waals surface area (Å²) in [6, 6.07) is 0. The van der Waals surface area contributed by atoms with Crippen LogP contribution in [0.5, 0.6) is 0 Å². The van der Waals surface area contributed by atoms with Gasteiger partial charge in [-0.2, -0.15) is 0 Å². The van der Waals surface area contributed by atoms with Crippen LogP contribution in [0.3, 0.4) is 0 Å². The average Bonchev–Trinajstić information content (AvgIpc) is 1.82. The highest BCUT2D eigenvalue weighted by Gasteiger charge is 2.00. The Morgan fingerprint density at radius 3 is 2.56 bits per heavy atom. The summed E-state index contributed by atoms with van der Waals surface area (Å²) in [5.74, 6) is 0. The molecular formula is C5H7FINO. The molecule has 1 N–H and O–H groups in total. The molecule has 0 rings (SSSR count). The third kappa shape index (κ3) is 3.45. The van der Waals surface area contributed by atoms with Gasteiger partial charge in [0.15, 0.2) is 6.80 Å². The predicted octanol–water partition coefficient (Wildman–Crippen LogP) is 1.37. The molecule has 0 spiro atoms. The second kappa shape index (κ2) is 4.72. The molecule has 0 unspecified atom stereocenters. The molecule has 0 saturated carbocycles. The van der Waals surface area contributed by atoms with E-state index in [0.29, 0.717) is 5.70 Å². The van der Waals surface area contributed by atoms with Gasteiger partial charge in [-0.3, -0.25) is 4.79 Å². The summed E-state index contributed by atoms with van der Waals surface area (Å²) in [6.07, 6.45) is 1.54. The van der Waals surface area contributed by atoms with Crippen molar-refractivity contribution < 1.29 is 9.18 Å². The fourth-order valence-electron chi connectivity index (χ4n) is 0.357. The zero-order chi connectivity index (χ0) is 7.28. The zero-order valence-corrected chi connectivity index (χ0v) is 7.11. The highest BCUT2D eigenvalue weighted by Crippen LogP contribution is 1.97. The maximum Gasteiger partial charge on any atom is 0.237 e. The van der Waals surface area contributed by atoms with Crippen molar-refractivity contribution in [3.63, 3.8) is 0 Å². The quantitative estimate of drug-likeness (QED) is 0.351. The molecule has 52 valence electrons. The maximum atomic E-state index is 11.5. The number of alkyl halides is 1. The normalized spacial score (nSPS) is 11.2. The molecule has 0 aliphatic heterocycles. The van der Waals surface area contributed by atoms with E-state index < -0.39 is 6.80 Å². The van der Waals surface area contributed by atoms with Crippen LogP contribution in [-0.2, 0) is 4.79 Å². The molecule has 2 nitrogen and oxygen atoms in total. The number of carbonyl (C=O) groups is 1. The SMILES string of the molecule is C/C=C(\NCF)C(=O)I. The first-order valence-corrected chi connectivity index (χ1v) is 3.46. The Kier molecular flexibility index (Phi) is 4.65. The highest BCUT2D eigenvalue weighted by atomic mass is 127. The van der Waals surface area contributed by atoms with Gasteiger partial charge in [-0.15, -0.1) is 0 Å². The van der Waals surface area contributed by atoms with Crippen molar-refractivity contribution in [2.75, 3.05) is 6.80 Å². The largest absolute Gasteiger partial charge is 0.355 e. The fourth-order valence-corrected chi connectivity index (χ4v) is 0.859. The van der Waals surface area contributed by atoms with Crippen LogP contribution in [0.25, 0.3) is 0 Å². The average molecular weight is 243 g/mol. The summed E-state index contributed by atoms with van der Waals surface area (Å²) in [5, 5.41) is 2.27. The van der Waals surface area contributed by atoms with Gasteiger partial charge in [0.2, 0.25) is 3.79 Å². The second-order valence-electron chi connectivity index (χ2n) is 1.29. The Morgan fingerprint density at radius 2 is 2.44 bits per heavy atom. The maximum absolute atomic E-state index is 11.5. The van der Waals surface area contributed by atoms with Crippen molar-refractivity contribution in [3.05, 3.63) is 11.8 Å². The van der Waals surface area contributed by atoms with Gasteiger partial charge in [-0.05, 0) is 6.92 Å². The minimum Gasteiger partial charge on any atom is -0.355 e. The standard InChI is InChI=1S/C5H7FINO/c1-2-4(5(7)9)8-3-6/h2,8H,3H2,1H3/b4-2-.